The predicted molar refractivity (Wildman–Crippen MR) is 76.3 cm³/mol. The summed E-state index contributed by atoms with van der Waals surface area (Å²) < 4.78 is 0. The number of piperidine rings is 1. The second-order valence-corrected chi connectivity index (χ2v) is 5.66. The van der Waals surface area contributed by atoms with Crippen molar-refractivity contribution in [2.45, 2.75) is 77.8 Å². The van der Waals surface area contributed by atoms with Crippen molar-refractivity contribution >= 4 is 5.91 Å². The Morgan fingerprint density at radius 3 is 2.67 bits per heavy atom. The summed E-state index contributed by atoms with van der Waals surface area (Å²) in [5.74, 6) is 0.563. The molecule has 0 spiro atoms. The molecule has 1 heterocycles. The standard InChI is InChI=1S/C15H30N2O/c1-4-6-9-13(5-2)15(18)17-12(3)8-7-10-14(17)11-16/h12-14H,4-11,16H2,1-3H3. The molecule has 1 saturated heterocycles. The lowest BCUT2D eigenvalue weighted by Crippen LogP contribution is -2.53. The minimum Gasteiger partial charge on any atom is -0.336 e. The van der Waals surface area contributed by atoms with Gasteiger partial charge in [0.1, 0.15) is 0 Å². The van der Waals surface area contributed by atoms with Crippen molar-refractivity contribution < 1.29 is 4.79 Å². The zero-order valence-corrected chi connectivity index (χ0v) is 12.3. The second kappa shape index (κ2) is 7.78. The number of unbranched alkanes of at least 4 members (excludes halogenated alkanes) is 1. The van der Waals surface area contributed by atoms with Gasteiger partial charge in [-0.25, -0.2) is 0 Å². The Bertz CT molecular complexity index is 255. The third kappa shape index (κ3) is 3.71. The van der Waals surface area contributed by atoms with Crippen molar-refractivity contribution in [3.63, 3.8) is 0 Å². The summed E-state index contributed by atoms with van der Waals surface area (Å²) >= 11 is 0. The van der Waals surface area contributed by atoms with Gasteiger partial charge in [-0.15, -0.1) is 0 Å². The van der Waals surface area contributed by atoms with Crippen LogP contribution >= 0.6 is 0 Å². The number of amides is 1. The SMILES string of the molecule is CCCCC(CC)C(=O)N1C(C)CCCC1CN. The van der Waals surface area contributed by atoms with Gasteiger partial charge in [0.05, 0.1) is 0 Å². The number of nitrogens with two attached hydrogens (primary N) is 1. The highest BCUT2D eigenvalue weighted by Gasteiger charge is 2.33. The van der Waals surface area contributed by atoms with Gasteiger partial charge in [-0.05, 0) is 39.0 Å². The molecule has 0 bridgehead atoms. The summed E-state index contributed by atoms with van der Waals surface area (Å²) in [6.45, 7) is 7.10. The fourth-order valence-electron chi connectivity index (χ4n) is 3.08. The van der Waals surface area contributed by atoms with Gasteiger partial charge in [-0.3, -0.25) is 4.79 Å². The molecule has 1 aliphatic heterocycles. The summed E-state index contributed by atoms with van der Waals surface area (Å²) in [5, 5.41) is 0. The molecule has 1 amide bonds. The van der Waals surface area contributed by atoms with Crippen LogP contribution in [0.2, 0.25) is 0 Å². The number of hydrogen-bond acceptors (Lipinski definition) is 2. The van der Waals surface area contributed by atoms with E-state index < -0.39 is 0 Å². The highest BCUT2D eigenvalue weighted by Crippen LogP contribution is 2.26. The van der Waals surface area contributed by atoms with E-state index in [1.807, 2.05) is 0 Å². The zero-order chi connectivity index (χ0) is 13.5. The smallest absolute Gasteiger partial charge is 0.226 e. The monoisotopic (exact) mass is 254 g/mol. The van der Waals surface area contributed by atoms with E-state index in [1.165, 1.54) is 12.8 Å². The minimum absolute atomic E-state index is 0.208. The molecule has 1 rings (SSSR count). The van der Waals surface area contributed by atoms with Crippen LogP contribution in [0.5, 0.6) is 0 Å². The Hall–Kier alpha value is -0.570. The first-order valence-electron chi connectivity index (χ1n) is 7.67. The molecule has 1 fully saturated rings. The molecule has 3 atom stereocenters. The van der Waals surface area contributed by atoms with Crippen LogP contribution in [0.1, 0.15) is 65.7 Å². The van der Waals surface area contributed by atoms with Crippen LogP contribution in [0.25, 0.3) is 0 Å². The van der Waals surface area contributed by atoms with Gasteiger partial charge in [0, 0.05) is 24.5 Å². The molecule has 3 nitrogen and oxygen atoms in total. The largest absolute Gasteiger partial charge is 0.336 e. The van der Waals surface area contributed by atoms with E-state index in [9.17, 15) is 4.79 Å². The van der Waals surface area contributed by atoms with Crippen LogP contribution in [-0.2, 0) is 4.79 Å². The van der Waals surface area contributed by atoms with Gasteiger partial charge in [0.2, 0.25) is 5.91 Å². The molecule has 0 aromatic heterocycles. The van der Waals surface area contributed by atoms with Gasteiger partial charge in [-0.1, -0.05) is 26.7 Å². The average molecular weight is 254 g/mol. The molecular formula is C15H30N2O. The predicted octanol–water partition coefficient (Wildman–Crippen LogP) is 2.93. The second-order valence-electron chi connectivity index (χ2n) is 5.66. The summed E-state index contributed by atoms with van der Waals surface area (Å²) in [6, 6.07) is 0.646. The van der Waals surface area contributed by atoms with Crippen LogP contribution in [0, 0.1) is 5.92 Å². The molecule has 0 aromatic rings. The van der Waals surface area contributed by atoms with Gasteiger partial charge in [0.15, 0.2) is 0 Å². The van der Waals surface area contributed by atoms with Crippen LogP contribution in [0.4, 0.5) is 0 Å². The van der Waals surface area contributed by atoms with Crippen molar-refractivity contribution in [3.05, 3.63) is 0 Å². The highest BCUT2D eigenvalue weighted by atomic mass is 16.2. The molecule has 106 valence electrons. The number of rotatable bonds is 6. The van der Waals surface area contributed by atoms with Crippen molar-refractivity contribution in [2.24, 2.45) is 11.7 Å². The maximum Gasteiger partial charge on any atom is 0.226 e. The third-order valence-corrected chi connectivity index (χ3v) is 4.30. The molecular weight excluding hydrogens is 224 g/mol. The van der Waals surface area contributed by atoms with Crippen molar-refractivity contribution in [1.82, 2.24) is 4.90 Å². The number of hydrogen-bond donors (Lipinski definition) is 1. The number of carbonyl (C=O) groups is 1. The minimum atomic E-state index is 0.208. The van der Waals surface area contributed by atoms with Gasteiger partial charge in [0.25, 0.3) is 0 Å². The van der Waals surface area contributed by atoms with Crippen LogP contribution in [0.3, 0.4) is 0 Å². The molecule has 2 N–H and O–H groups in total. The Morgan fingerprint density at radius 2 is 2.11 bits per heavy atom. The van der Waals surface area contributed by atoms with E-state index in [0.29, 0.717) is 18.5 Å². The normalized spacial score (nSPS) is 26.1. The fraction of sp³-hybridized carbons (Fsp3) is 0.933. The lowest BCUT2D eigenvalue weighted by atomic mass is 9.91. The topological polar surface area (TPSA) is 46.3 Å². The van der Waals surface area contributed by atoms with Crippen LogP contribution < -0.4 is 5.73 Å². The van der Waals surface area contributed by atoms with E-state index in [0.717, 1.165) is 32.1 Å². The molecule has 0 radical (unpaired) electrons. The molecule has 1 aliphatic rings. The molecule has 0 saturated carbocycles. The molecule has 18 heavy (non-hydrogen) atoms. The number of likely N-dealkylation sites (tertiary alicyclic amines) is 1. The maximum absolute atomic E-state index is 12.7. The van der Waals surface area contributed by atoms with Crippen molar-refractivity contribution in [1.29, 1.82) is 0 Å². The van der Waals surface area contributed by atoms with Gasteiger partial charge >= 0.3 is 0 Å². The quantitative estimate of drug-likeness (QED) is 0.792. The fourth-order valence-corrected chi connectivity index (χ4v) is 3.08. The molecule has 3 heteroatoms. The van der Waals surface area contributed by atoms with Crippen LogP contribution in [0.15, 0.2) is 0 Å². The van der Waals surface area contributed by atoms with E-state index >= 15 is 0 Å². The Balaban J connectivity index is 2.70. The molecule has 3 unspecified atom stereocenters. The Kier molecular flexibility index (Phi) is 6.69. The molecule has 0 aliphatic carbocycles. The number of nitrogens with zero attached hydrogens (tertiary/aromatic N) is 1. The van der Waals surface area contributed by atoms with Gasteiger partial charge in [-0.2, -0.15) is 0 Å². The average Bonchev–Trinajstić information content (AvgIpc) is 2.38. The first kappa shape index (κ1) is 15.5. The van der Waals surface area contributed by atoms with E-state index in [2.05, 4.69) is 25.7 Å². The lowest BCUT2D eigenvalue weighted by Gasteiger charge is -2.42. The first-order chi connectivity index (χ1) is 8.65. The van der Waals surface area contributed by atoms with E-state index in [1.54, 1.807) is 0 Å². The van der Waals surface area contributed by atoms with Crippen molar-refractivity contribution in [3.8, 4) is 0 Å². The zero-order valence-electron chi connectivity index (χ0n) is 12.3. The maximum atomic E-state index is 12.7. The first-order valence-corrected chi connectivity index (χ1v) is 7.67. The Morgan fingerprint density at radius 1 is 1.39 bits per heavy atom. The van der Waals surface area contributed by atoms with Gasteiger partial charge < -0.3 is 10.6 Å². The van der Waals surface area contributed by atoms with Crippen molar-refractivity contribution in [2.75, 3.05) is 6.54 Å². The van der Waals surface area contributed by atoms with E-state index in [-0.39, 0.29) is 12.0 Å². The van der Waals surface area contributed by atoms with Crippen LogP contribution in [-0.4, -0.2) is 29.4 Å². The van der Waals surface area contributed by atoms with E-state index in [4.69, 9.17) is 5.73 Å². The summed E-state index contributed by atoms with van der Waals surface area (Å²) in [5.41, 5.74) is 5.84. The Labute approximate surface area is 112 Å². The summed E-state index contributed by atoms with van der Waals surface area (Å²) in [6.07, 6.45) is 7.73. The third-order valence-electron chi connectivity index (χ3n) is 4.30. The number of carbonyl (C=O) groups excluding carboxylic acids is 1. The lowest BCUT2D eigenvalue weighted by molar-refractivity contribution is -0.142. The summed E-state index contributed by atoms with van der Waals surface area (Å²) in [7, 11) is 0. The molecule has 0 aromatic carbocycles. The highest BCUT2D eigenvalue weighted by molar-refractivity contribution is 5.79. The summed E-state index contributed by atoms with van der Waals surface area (Å²) in [4.78, 5) is 14.8.